The van der Waals surface area contributed by atoms with Gasteiger partial charge in [-0.15, -0.1) is 0 Å². The van der Waals surface area contributed by atoms with E-state index in [-0.39, 0.29) is 5.69 Å². The second-order valence-electron chi connectivity index (χ2n) is 6.60. The summed E-state index contributed by atoms with van der Waals surface area (Å²) in [6.45, 7) is 2.77. The van der Waals surface area contributed by atoms with E-state index >= 15 is 0 Å². The van der Waals surface area contributed by atoms with Crippen molar-refractivity contribution in [2.45, 2.75) is 25.7 Å². The van der Waals surface area contributed by atoms with E-state index in [0.717, 1.165) is 29.4 Å². The van der Waals surface area contributed by atoms with Crippen LogP contribution in [0.5, 0.6) is 5.75 Å². The predicted octanol–water partition coefficient (Wildman–Crippen LogP) is 2.93. The number of aromatic nitrogens is 5. The highest BCUT2D eigenvalue weighted by atomic mass is 16.5. The fraction of sp³-hybridized carbons (Fsp3) is 0.263. The topological polar surface area (TPSA) is 85.7 Å². The Hall–Kier alpha value is -3.22. The van der Waals surface area contributed by atoms with Gasteiger partial charge in [0.2, 0.25) is 0 Å². The quantitative estimate of drug-likeness (QED) is 0.528. The first-order chi connectivity index (χ1) is 12.7. The third kappa shape index (κ3) is 2.20. The molecule has 5 rings (SSSR count). The fourth-order valence-electron chi connectivity index (χ4n) is 3.62. The van der Waals surface area contributed by atoms with Crippen LogP contribution in [0.4, 0.5) is 0 Å². The van der Waals surface area contributed by atoms with Gasteiger partial charge in [0.05, 0.1) is 17.6 Å². The summed E-state index contributed by atoms with van der Waals surface area (Å²) in [5.74, 6) is 1.50. The van der Waals surface area contributed by atoms with E-state index < -0.39 is 0 Å². The van der Waals surface area contributed by atoms with Crippen LogP contribution in [-0.2, 0) is 0 Å². The number of nitrogens with zero attached hydrogens (tertiary/aromatic N) is 4. The standard InChI is InChI=1S/C19H17N5O2/c1-11-3-2-10-26-14-7-9-21-18-17(14)24(19(25)23-18)15-5-4-13-16(22-15)12(11)6-8-20-13/h4-9,11H,2-3,10H2,1H3,(H,21,23,25)/t11-/m0/s1. The van der Waals surface area contributed by atoms with Crippen LogP contribution in [0.25, 0.3) is 28.0 Å². The minimum atomic E-state index is -0.286. The molecule has 0 spiro atoms. The lowest BCUT2D eigenvalue weighted by atomic mass is 9.95. The molecule has 1 aliphatic heterocycles. The number of hydrogen-bond acceptors (Lipinski definition) is 5. The maximum atomic E-state index is 12.6. The van der Waals surface area contributed by atoms with Gasteiger partial charge in [0.25, 0.3) is 0 Å². The number of aromatic amines is 1. The number of rotatable bonds is 0. The van der Waals surface area contributed by atoms with Crippen molar-refractivity contribution in [1.82, 2.24) is 24.5 Å². The van der Waals surface area contributed by atoms with Crippen LogP contribution < -0.4 is 10.4 Å². The van der Waals surface area contributed by atoms with Gasteiger partial charge in [0.15, 0.2) is 5.65 Å². The second-order valence-corrected chi connectivity index (χ2v) is 6.60. The molecule has 0 saturated carbocycles. The zero-order chi connectivity index (χ0) is 17.7. The molecule has 0 unspecified atom stereocenters. The first-order valence-corrected chi connectivity index (χ1v) is 8.71. The molecule has 130 valence electrons. The van der Waals surface area contributed by atoms with E-state index in [1.54, 1.807) is 18.3 Å². The lowest BCUT2D eigenvalue weighted by molar-refractivity contribution is 0.305. The summed E-state index contributed by atoms with van der Waals surface area (Å²) >= 11 is 0. The molecule has 4 aromatic rings. The van der Waals surface area contributed by atoms with Crippen molar-refractivity contribution in [3.63, 3.8) is 0 Å². The van der Waals surface area contributed by atoms with Gasteiger partial charge >= 0.3 is 5.69 Å². The molecular weight excluding hydrogens is 330 g/mol. The molecule has 26 heavy (non-hydrogen) atoms. The lowest BCUT2D eigenvalue weighted by Gasteiger charge is -2.16. The van der Waals surface area contributed by atoms with Gasteiger partial charge in [0.1, 0.15) is 17.1 Å². The Kier molecular flexibility index (Phi) is 3.28. The van der Waals surface area contributed by atoms with Crippen molar-refractivity contribution >= 4 is 22.2 Å². The number of hydrogen-bond donors (Lipinski definition) is 1. The molecule has 0 aliphatic carbocycles. The van der Waals surface area contributed by atoms with Crippen molar-refractivity contribution in [2.75, 3.05) is 6.61 Å². The Morgan fingerprint density at radius 1 is 1.19 bits per heavy atom. The molecule has 4 aromatic heterocycles. The number of nitrogens with one attached hydrogen (secondary N) is 1. The number of H-pyrrole nitrogens is 1. The van der Waals surface area contributed by atoms with Gasteiger partial charge in [-0.05, 0) is 42.5 Å². The van der Waals surface area contributed by atoms with Crippen molar-refractivity contribution in [3.8, 4) is 11.6 Å². The van der Waals surface area contributed by atoms with Crippen LogP contribution in [0, 0.1) is 0 Å². The molecule has 7 nitrogen and oxygen atoms in total. The first-order valence-electron chi connectivity index (χ1n) is 8.71. The van der Waals surface area contributed by atoms with Crippen molar-refractivity contribution in [1.29, 1.82) is 0 Å². The second kappa shape index (κ2) is 5.66. The Labute approximate surface area is 148 Å². The minimum absolute atomic E-state index is 0.286. The summed E-state index contributed by atoms with van der Waals surface area (Å²) in [7, 11) is 0. The summed E-state index contributed by atoms with van der Waals surface area (Å²) in [5.41, 5.74) is 3.63. The van der Waals surface area contributed by atoms with Crippen LogP contribution in [0.1, 0.15) is 31.2 Å². The number of ether oxygens (including phenoxy) is 1. The van der Waals surface area contributed by atoms with Gasteiger partial charge < -0.3 is 4.74 Å². The third-order valence-electron chi connectivity index (χ3n) is 4.94. The monoisotopic (exact) mass is 347 g/mol. The summed E-state index contributed by atoms with van der Waals surface area (Å²) < 4.78 is 7.51. The molecule has 0 amide bonds. The normalized spacial score (nSPS) is 17.0. The highest BCUT2D eigenvalue weighted by Gasteiger charge is 2.19. The van der Waals surface area contributed by atoms with E-state index in [4.69, 9.17) is 9.72 Å². The van der Waals surface area contributed by atoms with E-state index in [1.807, 2.05) is 18.3 Å². The number of imidazole rings is 1. The molecule has 0 radical (unpaired) electrons. The molecule has 1 atom stereocenters. The molecule has 1 aliphatic rings. The van der Waals surface area contributed by atoms with Crippen molar-refractivity contribution in [3.05, 3.63) is 52.7 Å². The van der Waals surface area contributed by atoms with Crippen LogP contribution >= 0.6 is 0 Å². The Morgan fingerprint density at radius 2 is 2.08 bits per heavy atom. The summed E-state index contributed by atoms with van der Waals surface area (Å²) in [6.07, 6.45) is 5.35. The van der Waals surface area contributed by atoms with Gasteiger partial charge in [-0.1, -0.05) is 6.92 Å². The zero-order valence-corrected chi connectivity index (χ0v) is 14.3. The first kappa shape index (κ1) is 15.1. The molecule has 0 fully saturated rings. The molecule has 0 saturated heterocycles. The van der Waals surface area contributed by atoms with Gasteiger partial charge in [-0.3, -0.25) is 9.97 Å². The lowest BCUT2D eigenvalue weighted by Crippen LogP contribution is -2.17. The number of pyridine rings is 3. The van der Waals surface area contributed by atoms with Crippen LogP contribution in [0.3, 0.4) is 0 Å². The smallest absolute Gasteiger partial charge is 0.333 e. The minimum Gasteiger partial charge on any atom is -0.491 e. The Bertz CT molecular complexity index is 1190. The SMILES string of the molecule is C[C@H]1CCCOc2ccnc3[nH]c(=O)n(c23)-c2ccc3nccc1c3n2. The van der Waals surface area contributed by atoms with Gasteiger partial charge in [-0.25, -0.2) is 19.3 Å². The molecular formula is C19H17N5O2. The Balaban J connectivity index is 1.89. The summed E-state index contributed by atoms with van der Waals surface area (Å²) in [4.78, 5) is 28.9. The van der Waals surface area contributed by atoms with Crippen LogP contribution in [-0.4, -0.2) is 31.1 Å². The Morgan fingerprint density at radius 3 is 3.00 bits per heavy atom. The molecule has 2 bridgehead atoms. The van der Waals surface area contributed by atoms with E-state index in [9.17, 15) is 4.79 Å². The van der Waals surface area contributed by atoms with Crippen LogP contribution in [0.2, 0.25) is 0 Å². The van der Waals surface area contributed by atoms with E-state index in [1.165, 1.54) is 4.57 Å². The van der Waals surface area contributed by atoms with E-state index in [2.05, 4.69) is 21.9 Å². The molecule has 0 aromatic carbocycles. The maximum Gasteiger partial charge on any atom is 0.333 e. The number of fused-ring (bicyclic) bond motifs is 2. The van der Waals surface area contributed by atoms with Crippen LogP contribution in [0.15, 0.2) is 41.5 Å². The fourth-order valence-corrected chi connectivity index (χ4v) is 3.62. The van der Waals surface area contributed by atoms with Gasteiger partial charge in [0, 0.05) is 18.5 Å². The van der Waals surface area contributed by atoms with Crippen molar-refractivity contribution < 1.29 is 4.74 Å². The highest BCUT2D eigenvalue weighted by Crippen LogP contribution is 2.30. The largest absolute Gasteiger partial charge is 0.491 e. The average Bonchev–Trinajstić information content (AvgIpc) is 2.99. The average molecular weight is 347 g/mol. The summed E-state index contributed by atoms with van der Waals surface area (Å²) in [5, 5.41) is 0. The third-order valence-corrected chi connectivity index (χ3v) is 4.94. The van der Waals surface area contributed by atoms with Crippen molar-refractivity contribution in [2.24, 2.45) is 0 Å². The summed E-state index contributed by atoms with van der Waals surface area (Å²) in [6, 6.07) is 7.51. The van der Waals surface area contributed by atoms with E-state index in [0.29, 0.717) is 35.3 Å². The molecule has 7 heteroatoms. The highest BCUT2D eigenvalue weighted by molar-refractivity contribution is 5.82. The predicted molar refractivity (Wildman–Crippen MR) is 97.9 cm³/mol. The zero-order valence-electron chi connectivity index (χ0n) is 14.3. The van der Waals surface area contributed by atoms with Gasteiger partial charge in [-0.2, -0.15) is 0 Å². The molecule has 5 heterocycles. The molecule has 1 N–H and O–H groups in total. The maximum absolute atomic E-state index is 12.6.